The second-order valence-electron chi connectivity index (χ2n) is 4.96. The van der Waals surface area contributed by atoms with Gasteiger partial charge in [-0.1, -0.05) is 0 Å². The third-order valence-electron chi connectivity index (χ3n) is 3.44. The van der Waals surface area contributed by atoms with Crippen LogP contribution < -0.4 is 0 Å². The summed E-state index contributed by atoms with van der Waals surface area (Å²) in [7, 11) is 0. The molecule has 2 rings (SSSR count). The summed E-state index contributed by atoms with van der Waals surface area (Å²) >= 11 is 0. The summed E-state index contributed by atoms with van der Waals surface area (Å²) in [4.78, 5) is 0. The summed E-state index contributed by atoms with van der Waals surface area (Å²) < 4.78 is 7.39. The lowest BCUT2D eigenvalue weighted by Crippen LogP contribution is -2.32. The van der Waals surface area contributed by atoms with Crippen LogP contribution in [-0.2, 0) is 17.7 Å². The van der Waals surface area contributed by atoms with Crippen molar-refractivity contribution >= 4 is 0 Å². The lowest BCUT2D eigenvalue weighted by molar-refractivity contribution is 0.0171. The van der Waals surface area contributed by atoms with Crippen molar-refractivity contribution in [2.45, 2.75) is 51.7 Å². The van der Waals surface area contributed by atoms with Crippen LogP contribution in [0.15, 0.2) is 6.07 Å². The monoisotopic (exact) mass is 238 g/mol. The maximum absolute atomic E-state index is 10.6. The molecule has 0 bridgehead atoms. The van der Waals surface area contributed by atoms with Crippen molar-refractivity contribution in [2.75, 3.05) is 13.2 Å². The zero-order valence-electron chi connectivity index (χ0n) is 10.8. The third-order valence-corrected chi connectivity index (χ3v) is 3.44. The number of hydrogen-bond acceptors (Lipinski definition) is 3. The van der Waals surface area contributed by atoms with Gasteiger partial charge in [0.25, 0.3) is 0 Å². The number of aryl methyl sites for hydroxylation is 2. The minimum absolute atomic E-state index is 0.615. The summed E-state index contributed by atoms with van der Waals surface area (Å²) in [5, 5.41) is 15.0. The lowest BCUT2D eigenvalue weighted by atomic mass is 9.89. The van der Waals surface area contributed by atoms with Crippen molar-refractivity contribution < 1.29 is 9.84 Å². The van der Waals surface area contributed by atoms with Crippen LogP contribution in [0.2, 0.25) is 0 Å². The summed E-state index contributed by atoms with van der Waals surface area (Å²) in [6.45, 7) is 6.37. The Balaban J connectivity index is 2.12. The molecule has 96 valence electrons. The summed E-state index contributed by atoms with van der Waals surface area (Å²) in [5.41, 5.74) is 1.54. The van der Waals surface area contributed by atoms with Crippen LogP contribution in [0.3, 0.4) is 0 Å². The highest BCUT2D eigenvalue weighted by molar-refractivity contribution is 5.12. The van der Waals surface area contributed by atoms with Crippen LogP contribution in [0.5, 0.6) is 0 Å². The molecule has 1 N–H and O–H groups in total. The quantitative estimate of drug-likeness (QED) is 0.871. The molecule has 1 aromatic rings. The van der Waals surface area contributed by atoms with Crippen LogP contribution in [0.4, 0.5) is 0 Å². The Bertz CT molecular complexity index is 365. The Kier molecular flexibility index (Phi) is 3.84. The smallest absolute Gasteiger partial charge is 0.0725 e. The molecule has 0 radical (unpaired) electrons. The molecule has 17 heavy (non-hydrogen) atoms. The summed E-state index contributed by atoms with van der Waals surface area (Å²) in [5.74, 6) is 0. The van der Waals surface area contributed by atoms with Gasteiger partial charge in [-0.05, 0) is 39.2 Å². The summed E-state index contributed by atoms with van der Waals surface area (Å²) in [6.07, 6.45) is 3.17. The van der Waals surface area contributed by atoms with E-state index in [1.165, 1.54) is 0 Å². The normalized spacial score (nSPS) is 25.8. The fourth-order valence-corrected chi connectivity index (χ4v) is 2.52. The molecule has 1 aromatic heterocycles. The Labute approximate surface area is 103 Å². The first-order valence-electron chi connectivity index (χ1n) is 6.46. The first kappa shape index (κ1) is 12.6. The van der Waals surface area contributed by atoms with Gasteiger partial charge in [0.15, 0.2) is 0 Å². The van der Waals surface area contributed by atoms with Crippen molar-refractivity contribution in [3.63, 3.8) is 0 Å². The number of aromatic nitrogens is 2. The van der Waals surface area contributed by atoms with Gasteiger partial charge in [-0.15, -0.1) is 0 Å². The number of aliphatic hydroxyl groups is 1. The molecule has 1 aliphatic heterocycles. The van der Waals surface area contributed by atoms with Crippen LogP contribution in [-0.4, -0.2) is 33.7 Å². The number of nitrogens with zero attached hydrogens (tertiary/aromatic N) is 2. The Hall–Kier alpha value is -0.870. The fraction of sp³-hybridized carbons (Fsp3) is 0.769. The van der Waals surface area contributed by atoms with E-state index in [4.69, 9.17) is 4.74 Å². The van der Waals surface area contributed by atoms with E-state index >= 15 is 0 Å². The molecule has 1 saturated heterocycles. The zero-order chi connectivity index (χ0) is 12.3. The molecule has 1 fully saturated rings. The third kappa shape index (κ3) is 3.07. The highest BCUT2D eigenvalue weighted by Gasteiger charge is 2.29. The van der Waals surface area contributed by atoms with Crippen molar-refractivity contribution in [1.29, 1.82) is 0 Å². The number of ether oxygens (including phenoxy) is 1. The van der Waals surface area contributed by atoms with Gasteiger partial charge < -0.3 is 9.84 Å². The molecule has 0 aliphatic carbocycles. The van der Waals surface area contributed by atoms with E-state index in [0.29, 0.717) is 13.0 Å². The second kappa shape index (κ2) is 5.19. The lowest BCUT2D eigenvalue weighted by Gasteiger charge is -2.26. The molecule has 1 aliphatic rings. The first-order valence-corrected chi connectivity index (χ1v) is 6.46. The highest BCUT2D eigenvalue weighted by atomic mass is 16.5. The van der Waals surface area contributed by atoms with Crippen molar-refractivity contribution in [3.8, 4) is 0 Å². The van der Waals surface area contributed by atoms with Gasteiger partial charge in [-0.3, -0.25) is 4.68 Å². The Morgan fingerprint density at radius 3 is 3.06 bits per heavy atom. The Morgan fingerprint density at radius 1 is 1.47 bits per heavy atom. The van der Waals surface area contributed by atoms with Gasteiger partial charge in [0.1, 0.15) is 0 Å². The molecule has 0 saturated carbocycles. The first-order chi connectivity index (χ1) is 8.13. The summed E-state index contributed by atoms with van der Waals surface area (Å²) in [6, 6.07) is 2.08. The fourth-order valence-electron chi connectivity index (χ4n) is 2.52. The standard InChI is InChI=1S/C13H22N2O2/c1-3-15-12(9-11(2)14-15)10-13(16)5-4-7-17-8-6-13/h9,16H,3-8,10H2,1-2H3. The van der Waals surface area contributed by atoms with Gasteiger partial charge in [-0.25, -0.2) is 0 Å². The van der Waals surface area contributed by atoms with Crippen molar-refractivity contribution in [2.24, 2.45) is 0 Å². The molecular formula is C13H22N2O2. The van der Waals surface area contributed by atoms with Crippen LogP contribution in [0, 0.1) is 6.92 Å². The van der Waals surface area contributed by atoms with E-state index in [2.05, 4.69) is 18.1 Å². The van der Waals surface area contributed by atoms with Crippen molar-refractivity contribution in [1.82, 2.24) is 9.78 Å². The van der Waals surface area contributed by atoms with Gasteiger partial charge in [0.2, 0.25) is 0 Å². The van der Waals surface area contributed by atoms with Gasteiger partial charge >= 0.3 is 0 Å². The largest absolute Gasteiger partial charge is 0.389 e. The molecule has 2 heterocycles. The molecule has 4 nitrogen and oxygen atoms in total. The second-order valence-corrected chi connectivity index (χ2v) is 4.96. The molecule has 0 aromatic carbocycles. The van der Waals surface area contributed by atoms with Gasteiger partial charge in [0, 0.05) is 31.9 Å². The predicted molar refractivity (Wildman–Crippen MR) is 66.0 cm³/mol. The van der Waals surface area contributed by atoms with Crippen LogP contribution >= 0.6 is 0 Å². The van der Waals surface area contributed by atoms with E-state index in [-0.39, 0.29) is 0 Å². The highest BCUT2D eigenvalue weighted by Crippen LogP contribution is 2.25. The SMILES string of the molecule is CCn1nc(C)cc1CC1(O)CCCOCC1. The van der Waals surface area contributed by atoms with E-state index in [1.807, 2.05) is 11.6 Å². The zero-order valence-corrected chi connectivity index (χ0v) is 10.8. The van der Waals surface area contributed by atoms with Crippen LogP contribution in [0.1, 0.15) is 37.6 Å². The minimum Gasteiger partial charge on any atom is -0.389 e. The Morgan fingerprint density at radius 2 is 2.29 bits per heavy atom. The topological polar surface area (TPSA) is 47.3 Å². The van der Waals surface area contributed by atoms with E-state index in [0.717, 1.165) is 43.8 Å². The molecule has 4 heteroatoms. The average Bonchev–Trinajstić information content (AvgIpc) is 2.49. The maximum atomic E-state index is 10.6. The van der Waals surface area contributed by atoms with Gasteiger partial charge in [0.05, 0.1) is 11.3 Å². The molecule has 0 spiro atoms. The number of hydrogen-bond donors (Lipinski definition) is 1. The predicted octanol–water partition coefficient (Wildman–Crippen LogP) is 1.69. The number of rotatable bonds is 3. The van der Waals surface area contributed by atoms with E-state index < -0.39 is 5.60 Å². The molecule has 1 atom stereocenters. The van der Waals surface area contributed by atoms with Crippen molar-refractivity contribution in [3.05, 3.63) is 17.5 Å². The van der Waals surface area contributed by atoms with Crippen LogP contribution in [0.25, 0.3) is 0 Å². The van der Waals surface area contributed by atoms with E-state index in [1.54, 1.807) is 0 Å². The molecule has 0 amide bonds. The maximum Gasteiger partial charge on any atom is 0.0725 e. The average molecular weight is 238 g/mol. The molecule has 1 unspecified atom stereocenters. The molecular weight excluding hydrogens is 216 g/mol. The minimum atomic E-state index is -0.615. The van der Waals surface area contributed by atoms with Gasteiger partial charge in [-0.2, -0.15) is 5.10 Å². The van der Waals surface area contributed by atoms with E-state index in [9.17, 15) is 5.11 Å².